The van der Waals surface area contributed by atoms with E-state index in [1.54, 1.807) is 29.0 Å². The number of likely N-dealkylation sites (tertiary alicyclic amines) is 1. The highest BCUT2D eigenvalue weighted by Crippen LogP contribution is 2.35. The van der Waals surface area contributed by atoms with Crippen molar-refractivity contribution in [2.75, 3.05) is 25.5 Å². The van der Waals surface area contributed by atoms with Crippen LogP contribution >= 0.6 is 0 Å². The monoisotopic (exact) mass is 578 g/mol. The summed E-state index contributed by atoms with van der Waals surface area (Å²) in [6, 6.07) is 16.6. The SMILES string of the molecule is CN1CCC(Nc2cccc3c2cc(-c2noc(CNC(=O)c4cn(-c5ccccc5)cn4)n2)n3CC(F)(F)F)CC1. The Bertz CT molecular complexity index is 1680. The van der Waals surface area contributed by atoms with Crippen molar-refractivity contribution in [3.05, 3.63) is 78.7 Å². The molecule has 13 heteroatoms. The van der Waals surface area contributed by atoms with Crippen molar-refractivity contribution in [3.63, 3.8) is 0 Å². The number of alkyl halides is 3. The van der Waals surface area contributed by atoms with Crippen LogP contribution in [-0.4, -0.2) is 67.4 Å². The molecule has 6 rings (SSSR count). The van der Waals surface area contributed by atoms with E-state index in [0.717, 1.165) is 41.9 Å². The largest absolute Gasteiger partial charge is 0.406 e. The van der Waals surface area contributed by atoms with Gasteiger partial charge < -0.3 is 29.2 Å². The van der Waals surface area contributed by atoms with Gasteiger partial charge in [-0.05, 0) is 63.3 Å². The van der Waals surface area contributed by atoms with Crippen molar-refractivity contribution in [2.24, 2.45) is 0 Å². The van der Waals surface area contributed by atoms with Gasteiger partial charge >= 0.3 is 6.18 Å². The van der Waals surface area contributed by atoms with Crippen molar-refractivity contribution < 1.29 is 22.5 Å². The second-order valence-electron chi connectivity index (χ2n) is 10.4. The third-order valence-corrected chi connectivity index (χ3v) is 7.33. The van der Waals surface area contributed by atoms with Crippen LogP contribution < -0.4 is 10.6 Å². The standard InChI is InChI=1S/C29H29F3N8O2/c1-38-12-10-19(11-13-38)35-22-8-5-9-24-21(22)14-25(40(24)17-29(30,31)32)27-36-26(42-37-27)15-33-28(41)23-16-39(18-34-23)20-6-3-2-4-7-20/h2-9,14,16,18-19,35H,10-13,15,17H2,1H3,(H,33,41). The van der Waals surface area contributed by atoms with Crippen LogP contribution in [0.1, 0.15) is 29.2 Å². The zero-order chi connectivity index (χ0) is 29.3. The summed E-state index contributed by atoms with van der Waals surface area (Å²) in [6.45, 7) is 0.566. The highest BCUT2D eigenvalue weighted by molar-refractivity contribution is 5.96. The highest BCUT2D eigenvalue weighted by atomic mass is 19.4. The third kappa shape index (κ3) is 6.00. The Morgan fingerprint density at radius 2 is 1.88 bits per heavy atom. The summed E-state index contributed by atoms with van der Waals surface area (Å²) >= 11 is 0. The number of anilines is 1. The van der Waals surface area contributed by atoms with Crippen LogP contribution in [0.2, 0.25) is 0 Å². The summed E-state index contributed by atoms with van der Waals surface area (Å²) < 4.78 is 49.2. The Labute approximate surface area is 239 Å². The summed E-state index contributed by atoms with van der Waals surface area (Å²) in [5, 5.41) is 10.8. The van der Waals surface area contributed by atoms with Gasteiger partial charge in [0.1, 0.15) is 18.6 Å². The molecule has 2 aromatic carbocycles. The van der Waals surface area contributed by atoms with Crippen molar-refractivity contribution >= 4 is 22.5 Å². The lowest BCUT2D eigenvalue weighted by molar-refractivity contribution is -0.139. The van der Waals surface area contributed by atoms with E-state index in [9.17, 15) is 18.0 Å². The molecule has 1 amide bonds. The molecule has 42 heavy (non-hydrogen) atoms. The molecule has 1 fully saturated rings. The topological polar surface area (TPSA) is 106 Å². The predicted molar refractivity (Wildman–Crippen MR) is 150 cm³/mol. The average Bonchev–Trinajstić information content (AvgIpc) is 3.73. The van der Waals surface area contributed by atoms with Crippen LogP contribution in [0.25, 0.3) is 28.1 Å². The molecule has 0 spiro atoms. The number of imidazole rings is 1. The van der Waals surface area contributed by atoms with Crippen molar-refractivity contribution in [1.82, 2.24) is 34.5 Å². The van der Waals surface area contributed by atoms with E-state index in [1.807, 2.05) is 36.4 Å². The smallest absolute Gasteiger partial charge is 0.382 e. The van der Waals surface area contributed by atoms with Crippen LogP contribution in [0.4, 0.5) is 18.9 Å². The number of rotatable bonds is 8. The van der Waals surface area contributed by atoms with Gasteiger partial charge in [0.15, 0.2) is 0 Å². The molecule has 0 atom stereocenters. The summed E-state index contributed by atoms with van der Waals surface area (Å²) in [4.78, 5) is 23.4. The number of halogens is 3. The molecule has 1 saturated heterocycles. The zero-order valence-electron chi connectivity index (χ0n) is 22.8. The van der Waals surface area contributed by atoms with Gasteiger partial charge in [0.05, 0.1) is 17.8 Å². The van der Waals surface area contributed by atoms with Crippen molar-refractivity contribution in [3.8, 4) is 17.2 Å². The number of aromatic nitrogens is 5. The van der Waals surface area contributed by atoms with E-state index in [4.69, 9.17) is 4.52 Å². The summed E-state index contributed by atoms with van der Waals surface area (Å²) in [7, 11) is 2.07. The van der Waals surface area contributed by atoms with Gasteiger partial charge in [-0.15, -0.1) is 0 Å². The molecule has 10 nitrogen and oxygen atoms in total. The van der Waals surface area contributed by atoms with Crippen molar-refractivity contribution in [1.29, 1.82) is 0 Å². The lowest BCUT2D eigenvalue weighted by atomic mass is 10.0. The minimum Gasteiger partial charge on any atom is -0.382 e. The van der Waals surface area contributed by atoms with Crippen LogP contribution in [0.15, 0.2) is 71.6 Å². The zero-order valence-corrected chi connectivity index (χ0v) is 22.8. The molecular formula is C29H29F3N8O2. The molecule has 1 aliphatic rings. The normalized spacial score (nSPS) is 14.9. The molecule has 0 radical (unpaired) electrons. The van der Waals surface area contributed by atoms with Gasteiger partial charge in [-0.3, -0.25) is 4.79 Å². The third-order valence-electron chi connectivity index (χ3n) is 7.33. The Kier molecular flexibility index (Phi) is 7.42. The maximum Gasteiger partial charge on any atom is 0.406 e. The summed E-state index contributed by atoms with van der Waals surface area (Å²) in [6.07, 6.45) is 0.535. The molecule has 2 N–H and O–H groups in total. The first-order valence-electron chi connectivity index (χ1n) is 13.6. The van der Waals surface area contributed by atoms with E-state index in [0.29, 0.717) is 10.9 Å². The van der Waals surface area contributed by atoms with Gasteiger partial charge in [-0.2, -0.15) is 18.2 Å². The molecular weight excluding hydrogens is 549 g/mol. The molecule has 4 heterocycles. The second kappa shape index (κ2) is 11.3. The van der Waals surface area contributed by atoms with E-state index in [-0.39, 0.29) is 35.7 Å². The first-order chi connectivity index (χ1) is 20.2. The Balaban J connectivity index is 1.22. The molecule has 0 aliphatic carbocycles. The molecule has 218 valence electrons. The van der Waals surface area contributed by atoms with Crippen LogP contribution in [-0.2, 0) is 13.1 Å². The number of amides is 1. The van der Waals surface area contributed by atoms with Gasteiger partial charge in [-0.1, -0.05) is 29.4 Å². The Morgan fingerprint density at radius 1 is 1.10 bits per heavy atom. The lowest BCUT2D eigenvalue weighted by Crippen LogP contribution is -2.36. The molecule has 0 unspecified atom stereocenters. The first kappa shape index (κ1) is 27.5. The maximum atomic E-state index is 13.7. The molecule has 0 bridgehead atoms. The van der Waals surface area contributed by atoms with Crippen LogP contribution in [0.3, 0.4) is 0 Å². The summed E-state index contributed by atoms with van der Waals surface area (Å²) in [5.41, 5.74) is 2.38. The molecule has 3 aromatic heterocycles. The summed E-state index contributed by atoms with van der Waals surface area (Å²) in [5.74, 6) is -0.409. The van der Waals surface area contributed by atoms with Gasteiger partial charge in [0.25, 0.3) is 5.91 Å². The molecule has 5 aromatic rings. The molecule has 0 saturated carbocycles. The number of piperidine rings is 1. The second-order valence-corrected chi connectivity index (χ2v) is 10.4. The minimum absolute atomic E-state index is 0.00158. The van der Waals surface area contributed by atoms with Gasteiger partial charge in [-0.25, -0.2) is 4.98 Å². The number of benzene rings is 2. The fourth-order valence-corrected chi connectivity index (χ4v) is 5.18. The predicted octanol–water partition coefficient (Wildman–Crippen LogP) is 4.88. The van der Waals surface area contributed by atoms with E-state index in [1.165, 1.54) is 6.33 Å². The van der Waals surface area contributed by atoms with Crippen LogP contribution in [0, 0.1) is 0 Å². The van der Waals surface area contributed by atoms with E-state index in [2.05, 4.69) is 37.7 Å². The fraction of sp³-hybridized carbons (Fsp3) is 0.310. The minimum atomic E-state index is -4.47. The number of carbonyl (C=O) groups excluding carboxylic acids is 1. The average molecular weight is 579 g/mol. The molecule has 1 aliphatic heterocycles. The quantitative estimate of drug-likeness (QED) is 0.271. The van der Waals surface area contributed by atoms with E-state index >= 15 is 0 Å². The number of hydrogen-bond donors (Lipinski definition) is 2. The van der Waals surface area contributed by atoms with E-state index < -0.39 is 18.6 Å². The van der Waals surface area contributed by atoms with Crippen molar-refractivity contribution in [2.45, 2.75) is 38.1 Å². The fourth-order valence-electron chi connectivity index (χ4n) is 5.18. The maximum absolute atomic E-state index is 13.7. The number of fused-ring (bicyclic) bond motifs is 1. The van der Waals surface area contributed by atoms with Crippen LogP contribution in [0.5, 0.6) is 0 Å². The highest BCUT2D eigenvalue weighted by Gasteiger charge is 2.31. The Morgan fingerprint density at radius 3 is 2.64 bits per heavy atom. The number of para-hydroxylation sites is 1. The lowest BCUT2D eigenvalue weighted by Gasteiger charge is -2.30. The number of carbonyl (C=O) groups is 1. The van der Waals surface area contributed by atoms with Gasteiger partial charge in [0, 0.05) is 29.0 Å². The number of nitrogens with zero attached hydrogens (tertiary/aromatic N) is 6. The number of nitrogens with one attached hydrogen (secondary N) is 2. The first-order valence-corrected chi connectivity index (χ1v) is 13.6. The Hall–Kier alpha value is -4.65. The number of hydrogen-bond acceptors (Lipinski definition) is 7. The van der Waals surface area contributed by atoms with Gasteiger partial charge in [0.2, 0.25) is 11.7 Å².